The van der Waals surface area contributed by atoms with Crippen molar-refractivity contribution < 1.29 is 9.53 Å². The second kappa shape index (κ2) is 7.58. The number of likely N-dealkylation sites (tertiary alicyclic amines) is 1. The molecule has 0 bridgehead atoms. The molecule has 2 atom stereocenters. The van der Waals surface area contributed by atoms with Crippen LogP contribution in [0.2, 0.25) is 0 Å². The van der Waals surface area contributed by atoms with Crippen LogP contribution in [0, 0.1) is 0 Å². The number of nitrogens with one attached hydrogen (secondary N) is 1. The first-order valence-corrected chi connectivity index (χ1v) is 9.78. The Bertz CT molecular complexity index is 946. The molecular formula is C19H21N5O2S. The zero-order valence-electron chi connectivity index (χ0n) is 15.3. The number of carbonyl (C=O) groups excluding carboxylic acids is 1. The van der Waals surface area contributed by atoms with Gasteiger partial charge in [-0.05, 0) is 36.9 Å². The summed E-state index contributed by atoms with van der Waals surface area (Å²) in [6.07, 6.45) is 2.70. The molecule has 4 heterocycles. The lowest BCUT2D eigenvalue weighted by molar-refractivity contribution is 0.0721. The average Bonchev–Trinajstić information content (AvgIpc) is 3.36. The quantitative estimate of drug-likeness (QED) is 0.729. The van der Waals surface area contributed by atoms with E-state index in [2.05, 4.69) is 20.3 Å². The van der Waals surface area contributed by atoms with Crippen molar-refractivity contribution in [3.8, 4) is 0 Å². The fraction of sp³-hybridized carbons (Fsp3) is 0.368. The summed E-state index contributed by atoms with van der Waals surface area (Å²) in [6.45, 7) is 3.27. The van der Waals surface area contributed by atoms with Crippen LogP contribution in [0.1, 0.15) is 35.6 Å². The molecule has 8 heteroatoms. The molecule has 3 aromatic rings. The van der Waals surface area contributed by atoms with Crippen molar-refractivity contribution in [2.45, 2.75) is 25.5 Å². The minimum atomic E-state index is -0.0742. The maximum absolute atomic E-state index is 13.1. The van der Waals surface area contributed by atoms with Gasteiger partial charge in [-0.3, -0.25) is 9.78 Å². The van der Waals surface area contributed by atoms with Crippen molar-refractivity contribution in [2.24, 2.45) is 0 Å². The molecule has 27 heavy (non-hydrogen) atoms. The highest BCUT2D eigenvalue weighted by molar-refractivity contribution is 7.17. The van der Waals surface area contributed by atoms with Crippen LogP contribution in [0.4, 0.5) is 5.95 Å². The standard InChI is InChI=1S/C19H21N5O2S/c1-12(14-5-3-4-8-20-14)21-19-22-15-7-10-27-17(15)16(23-19)18(25)24-9-6-13(11-24)26-2/h3-5,7-8,10,12-13H,6,9,11H2,1-2H3,(H,21,22,23)/t12-,13-/m0/s1. The van der Waals surface area contributed by atoms with Gasteiger partial charge in [-0.15, -0.1) is 11.3 Å². The van der Waals surface area contributed by atoms with Gasteiger partial charge in [0.2, 0.25) is 5.95 Å². The number of carbonyl (C=O) groups is 1. The highest BCUT2D eigenvalue weighted by Gasteiger charge is 2.29. The Morgan fingerprint density at radius 1 is 1.37 bits per heavy atom. The summed E-state index contributed by atoms with van der Waals surface area (Å²) < 4.78 is 6.20. The third-order valence-corrected chi connectivity index (χ3v) is 5.66. The van der Waals surface area contributed by atoms with Gasteiger partial charge in [-0.2, -0.15) is 0 Å². The first-order valence-electron chi connectivity index (χ1n) is 8.90. The van der Waals surface area contributed by atoms with Gasteiger partial charge in [-0.1, -0.05) is 6.07 Å². The number of anilines is 1. The van der Waals surface area contributed by atoms with Crippen LogP contribution in [-0.4, -0.2) is 52.1 Å². The number of amides is 1. The monoisotopic (exact) mass is 383 g/mol. The minimum Gasteiger partial charge on any atom is -0.380 e. The second-order valence-electron chi connectivity index (χ2n) is 6.55. The van der Waals surface area contributed by atoms with Crippen LogP contribution in [-0.2, 0) is 4.74 Å². The number of aromatic nitrogens is 3. The molecule has 7 nitrogen and oxygen atoms in total. The maximum Gasteiger partial charge on any atom is 0.274 e. The zero-order chi connectivity index (χ0) is 18.8. The Hall–Kier alpha value is -2.58. The van der Waals surface area contributed by atoms with E-state index in [4.69, 9.17) is 4.74 Å². The molecule has 0 aromatic carbocycles. The number of hydrogen-bond donors (Lipinski definition) is 1. The van der Waals surface area contributed by atoms with Crippen LogP contribution < -0.4 is 5.32 Å². The SMILES string of the molecule is CO[C@H]1CCN(C(=O)c2nc(N[C@@H](C)c3ccccn3)nc3ccsc23)C1. The average molecular weight is 383 g/mol. The molecule has 0 radical (unpaired) electrons. The van der Waals surface area contributed by atoms with E-state index in [-0.39, 0.29) is 18.1 Å². The summed E-state index contributed by atoms with van der Waals surface area (Å²) in [6, 6.07) is 7.61. The van der Waals surface area contributed by atoms with Gasteiger partial charge < -0.3 is 15.0 Å². The lowest BCUT2D eigenvalue weighted by atomic mass is 10.2. The first kappa shape index (κ1) is 17.8. The summed E-state index contributed by atoms with van der Waals surface area (Å²) >= 11 is 1.49. The van der Waals surface area contributed by atoms with E-state index in [1.807, 2.05) is 41.5 Å². The van der Waals surface area contributed by atoms with Crippen LogP contribution >= 0.6 is 11.3 Å². The first-order chi connectivity index (χ1) is 13.2. The van der Waals surface area contributed by atoms with Gasteiger partial charge in [0.1, 0.15) is 0 Å². The highest BCUT2D eigenvalue weighted by Crippen LogP contribution is 2.27. The molecule has 1 aliphatic heterocycles. The molecule has 1 N–H and O–H groups in total. The van der Waals surface area contributed by atoms with Gasteiger partial charge in [0.15, 0.2) is 5.69 Å². The van der Waals surface area contributed by atoms with Crippen LogP contribution in [0.15, 0.2) is 35.8 Å². The summed E-state index contributed by atoms with van der Waals surface area (Å²) in [5.74, 6) is 0.364. The summed E-state index contributed by atoms with van der Waals surface area (Å²) in [7, 11) is 1.68. The van der Waals surface area contributed by atoms with Crippen LogP contribution in [0.25, 0.3) is 10.2 Å². The molecule has 1 saturated heterocycles. The molecule has 1 aliphatic rings. The Balaban J connectivity index is 1.63. The fourth-order valence-corrected chi connectivity index (χ4v) is 4.04. The lowest BCUT2D eigenvalue weighted by Crippen LogP contribution is -2.31. The Kier molecular flexibility index (Phi) is 5.00. The zero-order valence-corrected chi connectivity index (χ0v) is 16.1. The van der Waals surface area contributed by atoms with E-state index in [1.165, 1.54) is 11.3 Å². The van der Waals surface area contributed by atoms with Crippen molar-refractivity contribution in [1.82, 2.24) is 19.9 Å². The van der Waals surface area contributed by atoms with E-state index >= 15 is 0 Å². The molecule has 0 unspecified atom stereocenters. The second-order valence-corrected chi connectivity index (χ2v) is 7.47. The van der Waals surface area contributed by atoms with Gasteiger partial charge in [0.05, 0.1) is 28.1 Å². The van der Waals surface area contributed by atoms with Crippen molar-refractivity contribution in [1.29, 1.82) is 0 Å². The van der Waals surface area contributed by atoms with E-state index in [0.717, 1.165) is 22.3 Å². The molecule has 0 saturated carbocycles. The predicted molar refractivity (Wildman–Crippen MR) is 105 cm³/mol. The van der Waals surface area contributed by atoms with Crippen molar-refractivity contribution >= 4 is 33.4 Å². The van der Waals surface area contributed by atoms with E-state index in [1.54, 1.807) is 13.3 Å². The number of methoxy groups -OCH3 is 1. The number of hydrogen-bond acceptors (Lipinski definition) is 7. The summed E-state index contributed by atoms with van der Waals surface area (Å²) in [4.78, 5) is 28.4. The molecule has 140 valence electrons. The largest absolute Gasteiger partial charge is 0.380 e. The smallest absolute Gasteiger partial charge is 0.274 e. The number of ether oxygens (including phenoxy) is 1. The van der Waals surface area contributed by atoms with Crippen molar-refractivity contribution in [3.05, 3.63) is 47.2 Å². The number of pyridine rings is 1. The van der Waals surface area contributed by atoms with Gasteiger partial charge in [0.25, 0.3) is 5.91 Å². The van der Waals surface area contributed by atoms with Crippen molar-refractivity contribution in [3.63, 3.8) is 0 Å². The molecule has 0 spiro atoms. The molecule has 1 amide bonds. The molecule has 4 rings (SSSR count). The molecule has 0 aliphatic carbocycles. The van der Waals surface area contributed by atoms with Crippen LogP contribution in [0.3, 0.4) is 0 Å². The molecule has 3 aromatic heterocycles. The molecular weight excluding hydrogens is 362 g/mol. The van der Waals surface area contributed by atoms with Crippen LogP contribution in [0.5, 0.6) is 0 Å². The van der Waals surface area contributed by atoms with Crippen molar-refractivity contribution in [2.75, 3.05) is 25.5 Å². The van der Waals surface area contributed by atoms with E-state index in [0.29, 0.717) is 24.7 Å². The van der Waals surface area contributed by atoms with E-state index in [9.17, 15) is 4.79 Å². The predicted octanol–water partition coefficient (Wildman–Crippen LogP) is 3.12. The third-order valence-electron chi connectivity index (χ3n) is 4.75. The summed E-state index contributed by atoms with van der Waals surface area (Å²) in [5, 5.41) is 5.20. The minimum absolute atomic E-state index is 0.0714. The highest BCUT2D eigenvalue weighted by atomic mass is 32.1. The Morgan fingerprint density at radius 3 is 3.00 bits per heavy atom. The summed E-state index contributed by atoms with van der Waals surface area (Å²) in [5.41, 5.74) is 2.11. The Morgan fingerprint density at radius 2 is 2.26 bits per heavy atom. The normalized spacial score (nSPS) is 18.0. The van der Waals surface area contributed by atoms with E-state index < -0.39 is 0 Å². The Labute approximate surface area is 161 Å². The number of fused-ring (bicyclic) bond motifs is 1. The number of nitrogens with zero attached hydrogens (tertiary/aromatic N) is 4. The topological polar surface area (TPSA) is 80.2 Å². The fourth-order valence-electron chi connectivity index (χ4n) is 3.23. The van der Waals surface area contributed by atoms with Gasteiger partial charge in [0, 0.05) is 26.4 Å². The molecule has 1 fully saturated rings. The van der Waals surface area contributed by atoms with Gasteiger partial charge >= 0.3 is 0 Å². The maximum atomic E-state index is 13.1. The third kappa shape index (κ3) is 3.63. The lowest BCUT2D eigenvalue weighted by Gasteiger charge is -2.17. The number of thiophene rings is 1. The number of rotatable bonds is 5. The van der Waals surface area contributed by atoms with Gasteiger partial charge in [-0.25, -0.2) is 9.97 Å².